The molecule has 5 heteroatoms. The maximum atomic E-state index is 12.3. The molecule has 0 radical (unpaired) electrons. The number of anilines is 1. The summed E-state index contributed by atoms with van der Waals surface area (Å²) in [5, 5.41) is 13.6. The van der Waals surface area contributed by atoms with Crippen molar-refractivity contribution < 1.29 is 14.7 Å². The van der Waals surface area contributed by atoms with E-state index in [0.29, 0.717) is 21.8 Å². The third-order valence-corrected chi connectivity index (χ3v) is 3.80. The van der Waals surface area contributed by atoms with Crippen molar-refractivity contribution in [1.82, 2.24) is 0 Å². The van der Waals surface area contributed by atoms with Crippen LogP contribution in [0, 0.1) is 0 Å². The Morgan fingerprint density at radius 1 is 1.19 bits per heavy atom. The first-order chi connectivity index (χ1) is 10.0. The number of hydrogen-bond acceptors (Lipinski definition) is 3. The molecule has 2 aromatic rings. The van der Waals surface area contributed by atoms with Gasteiger partial charge in [0, 0.05) is 21.8 Å². The Balaban J connectivity index is 1.97. The molecular formula is C16H12ClNO3. The van der Waals surface area contributed by atoms with E-state index in [-0.39, 0.29) is 12.2 Å². The topological polar surface area (TPSA) is 66.4 Å². The molecule has 21 heavy (non-hydrogen) atoms. The van der Waals surface area contributed by atoms with E-state index in [0.717, 1.165) is 0 Å². The quantitative estimate of drug-likeness (QED) is 0.857. The average Bonchev–Trinajstić information content (AvgIpc) is 2.72. The molecule has 1 aliphatic rings. The molecule has 1 amide bonds. The van der Waals surface area contributed by atoms with Crippen LogP contribution < -0.4 is 5.32 Å². The summed E-state index contributed by atoms with van der Waals surface area (Å²) in [7, 11) is 0. The van der Waals surface area contributed by atoms with Gasteiger partial charge in [0.2, 0.25) is 0 Å². The lowest BCUT2D eigenvalue weighted by molar-refractivity contribution is -0.133. The SMILES string of the molecule is O=C(C[C@]1(O)C(=O)Nc2ccc(Cl)cc21)c1ccccc1. The van der Waals surface area contributed by atoms with Crippen molar-refractivity contribution in [2.45, 2.75) is 12.0 Å². The summed E-state index contributed by atoms with van der Waals surface area (Å²) in [5.41, 5.74) is -0.612. The number of ketones is 1. The molecule has 4 nitrogen and oxygen atoms in total. The zero-order valence-corrected chi connectivity index (χ0v) is 11.7. The van der Waals surface area contributed by atoms with Crippen LogP contribution in [0.25, 0.3) is 0 Å². The van der Waals surface area contributed by atoms with Crippen LogP contribution in [0.5, 0.6) is 0 Å². The third kappa shape index (κ3) is 2.33. The van der Waals surface area contributed by atoms with Gasteiger partial charge in [0.15, 0.2) is 11.4 Å². The van der Waals surface area contributed by atoms with E-state index in [1.54, 1.807) is 42.5 Å². The lowest BCUT2D eigenvalue weighted by Gasteiger charge is -2.20. The molecule has 1 heterocycles. The average molecular weight is 302 g/mol. The van der Waals surface area contributed by atoms with Gasteiger partial charge >= 0.3 is 0 Å². The fourth-order valence-corrected chi connectivity index (χ4v) is 2.62. The number of nitrogens with one attached hydrogen (secondary N) is 1. The number of aliphatic hydroxyl groups is 1. The fourth-order valence-electron chi connectivity index (χ4n) is 2.45. The van der Waals surface area contributed by atoms with Crippen LogP contribution >= 0.6 is 11.6 Å². The lowest BCUT2D eigenvalue weighted by Crippen LogP contribution is -2.36. The van der Waals surface area contributed by atoms with Crippen LogP contribution in [-0.2, 0) is 10.4 Å². The van der Waals surface area contributed by atoms with Crippen molar-refractivity contribution in [3.05, 3.63) is 64.7 Å². The Kier molecular flexibility index (Phi) is 3.27. The Morgan fingerprint density at radius 3 is 2.62 bits per heavy atom. The molecule has 0 saturated heterocycles. The summed E-state index contributed by atoms with van der Waals surface area (Å²) in [6.45, 7) is 0. The second kappa shape index (κ2) is 4.98. The lowest BCUT2D eigenvalue weighted by atomic mass is 9.88. The molecule has 0 aliphatic carbocycles. The number of fused-ring (bicyclic) bond motifs is 1. The van der Waals surface area contributed by atoms with Gasteiger partial charge in [-0.3, -0.25) is 9.59 Å². The minimum Gasteiger partial charge on any atom is -0.375 e. The number of amides is 1. The number of rotatable bonds is 3. The van der Waals surface area contributed by atoms with Crippen LogP contribution in [0.1, 0.15) is 22.3 Å². The normalized spacial score (nSPS) is 20.0. The van der Waals surface area contributed by atoms with Crippen LogP contribution in [-0.4, -0.2) is 16.8 Å². The number of halogens is 1. The molecule has 0 spiro atoms. The Labute approximate surface area is 126 Å². The molecule has 0 aromatic heterocycles. The monoisotopic (exact) mass is 301 g/mol. The Bertz CT molecular complexity index is 730. The first-order valence-electron chi connectivity index (χ1n) is 6.43. The number of hydrogen-bond donors (Lipinski definition) is 2. The molecule has 2 aromatic carbocycles. The van der Waals surface area contributed by atoms with Gasteiger partial charge in [0.05, 0.1) is 6.42 Å². The predicted octanol–water partition coefficient (Wildman–Crippen LogP) is 2.75. The van der Waals surface area contributed by atoms with Gasteiger partial charge in [-0.05, 0) is 18.2 Å². The molecule has 0 fully saturated rings. The van der Waals surface area contributed by atoms with Gasteiger partial charge in [-0.25, -0.2) is 0 Å². The Morgan fingerprint density at radius 2 is 1.90 bits per heavy atom. The Hall–Kier alpha value is -2.17. The first kappa shape index (κ1) is 13.8. The summed E-state index contributed by atoms with van der Waals surface area (Å²) >= 11 is 5.92. The first-order valence-corrected chi connectivity index (χ1v) is 6.80. The summed E-state index contributed by atoms with van der Waals surface area (Å²) in [5.74, 6) is -0.912. The van der Waals surface area contributed by atoms with Crippen LogP contribution in [0.2, 0.25) is 5.02 Å². The van der Waals surface area contributed by atoms with Gasteiger partial charge in [-0.2, -0.15) is 0 Å². The number of Topliss-reactive ketones (excluding diaryl/α,β-unsaturated/α-hetero) is 1. The zero-order valence-electron chi connectivity index (χ0n) is 11.0. The minimum atomic E-state index is -1.88. The van der Waals surface area contributed by atoms with Gasteiger partial charge in [0.1, 0.15) is 0 Å². The van der Waals surface area contributed by atoms with Crippen LogP contribution in [0.15, 0.2) is 48.5 Å². The summed E-state index contributed by atoms with van der Waals surface area (Å²) in [6, 6.07) is 13.3. The third-order valence-electron chi connectivity index (χ3n) is 3.56. The van der Waals surface area contributed by atoms with E-state index in [1.807, 2.05) is 0 Å². The highest BCUT2D eigenvalue weighted by atomic mass is 35.5. The number of carbonyl (C=O) groups excluding carboxylic acids is 2. The van der Waals surface area contributed by atoms with Crippen LogP contribution in [0.4, 0.5) is 5.69 Å². The molecule has 0 unspecified atom stereocenters. The molecule has 106 valence electrons. The second-order valence-corrected chi connectivity index (χ2v) is 5.41. The van der Waals surface area contributed by atoms with Crippen molar-refractivity contribution in [1.29, 1.82) is 0 Å². The highest BCUT2D eigenvalue weighted by Crippen LogP contribution is 2.40. The molecule has 2 N–H and O–H groups in total. The molecule has 1 atom stereocenters. The largest absolute Gasteiger partial charge is 0.375 e. The molecule has 1 aliphatic heterocycles. The van der Waals surface area contributed by atoms with E-state index in [1.165, 1.54) is 6.07 Å². The van der Waals surface area contributed by atoms with Crippen molar-refractivity contribution >= 4 is 29.0 Å². The van der Waals surface area contributed by atoms with Crippen molar-refractivity contribution in [2.24, 2.45) is 0 Å². The zero-order chi connectivity index (χ0) is 15.0. The van der Waals surface area contributed by atoms with E-state index < -0.39 is 11.5 Å². The second-order valence-electron chi connectivity index (χ2n) is 4.97. The fraction of sp³-hybridized carbons (Fsp3) is 0.125. The van der Waals surface area contributed by atoms with E-state index in [9.17, 15) is 14.7 Å². The van der Waals surface area contributed by atoms with Crippen molar-refractivity contribution in [3.63, 3.8) is 0 Å². The highest BCUT2D eigenvalue weighted by molar-refractivity contribution is 6.31. The van der Waals surface area contributed by atoms with Crippen LogP contribution in [0.3, 0.4) is 0 Å². The van der Waals surface area contributed by atoms with Gasteiger partial charge in [0.25, 0.3) is 5.91 Å². The van der Waals surface area contributed by atoms with Crippen molar-refractivity contribution in [3.8, 4) is 0 Å². The molecule has 0 saturated carbocycles. The maximum Gasteiger partial charge on any atom is 0.261 e. The molecule has 3 rings (SSSR count). The number of benzene rings is 2. The number of carbonyl (C=O) groups is 2. The summed E-state index contributed by atoms with van der Waals surface area (Å²) < 4.78 is 0. The highest BCUT2D eigenvalue weighted by Gasteiger charge is 2.46. The van der Waals surface area contributed by atoms with E-state index in [2.05, 4.69) is 5.32 Å². The smallest absolute Gasteiger partial charge is 0.261 e. The summed E-state index contributed by atoms with van der Waals surface area (Å²) in [4.78, 5) is 24.3. The van der Waals surface area contributed by atoms with E-state index >= 15 is 0 Å². The van der Waals surface area contributed by atoms with Crippen molar-refractivity contribution in [2.75, 3.05) is 5.32 Å². The predicted molar refractivity (Wildman–Crippen MR) is 79.4 cm³/mol. The molecule has 0 bridgehead atoms. The van der Waals surface area contributed by atoms with Gasteiger partial charge in [-0.15, -0.1) is 0 Å². The summed E-state index contributed by atoms with van der Waals surface area (Å²) in [6.07, 6.45) is -0.323. The minimum absolute atomic E-state index is 0.305. The standard InChI is InChI=1S/C16H12ClNO3/c17-11-6-7-13-12(8-11)16(21,15(20)18-13)9-14(19)10-4-2-1-3-5-10/h1-8,21H,9H2,(H,18,20)/t16-/m1/s1. The van der Waals surface area contributed by atoms with Gasteiger partial charge < -0.3 is 10.4 Å². The maximum absolute atomic E-state index is 12.3. The molecular weight excluding hydrogens is 290 g/mol. The van der Waals surface area contributed by atoms with Gasteiger partial charge in [-0.1, -0.05) is 41.9 Å². The van der Waals surface area contributed by atoms with E-state index in [4.69, 9.17) is 11.6 Å².